The molecule has 0 fully saturated rings. The third-order valence-electron chi connectivity index (χ3n) is 4.77. The zero-order valence-electron chi connectivity index (χ0n) is 17.1. The quantitative estimate of drug-likeness (QED) is 0.266. The predicted octanol–water partition coefficient (Wildman–Crippen LogP) is 6.00. The van der Waals surface area contributed by atoms with E-state index in [0.29, 0.717) is 35.2 Å². The van der Waals surface area contributed by atoms with Crippen LogP contribution < -0.4 is 20.5 Å². The van der Waals surface area contributed by atoms with Crippen LogP contribution >= 0.6 is 27.5 Å². The molecule has 0 aliphatic carbocycles. The van der Waals surface area contributed by atoms with Crippen molar-refractivity contribution in [3.63, 3.8) is 0 Å². The number of halogens is 3. The van der Waals surface area contributed by atoms with Gasteiger partial charge in [0, 0.05) is 17.8 Å². The molecule has 9 heteroatoms. The number of nitrogens with one attached hydrogen (secondary N) is 3. The number of imidazole rings is 1. The average molecular weight is 521 g/mol. The molecule has 0 atom stereocenters. The molecule has 0 radical (unpaired) electrons. The highest BCUT2D eigenvalue weighted by Crippen LogP contribution is 2.38. The van der Waals surface area contributed by atoms with Crippen molar-refractivity contribution >= 4 is 44.3 Å². The number of benzene rings is 3. The van der Waals surface area contributed by atoms with E-state index in [-0.39, 0.29) is 12.3 Å². The second-order valence-corrected chi connectivity index (χ2v) is 8.32. The number of hydrogen-bond donors (Lipinski definition) is 3. The van der Waals surface area contributed by atoms with Crippen molar-refractivity contribution in [2.45, 2.75) is 20.1 Å². The molecule has 6 nitrogen and oxygen atoms in total. The molecule has 4 aromatic rings. The Balaban J connectivity index is 1.51. The number of rotatable bonds is 8. The molecule has 0 bridgehead atoms. The fourth-order valence-electron chi connectivity index (χ4n) is 3.26. The lowest BCUT2D eigenvalue weighted by molar-refractivity contribution is 0.267. The molecule has 32 heavy (non-hydrogen) atoms. The van der Waals surface area contributed by atoms with Gasteiger partial charge in [-0.25, -0.2) is 9.18 Å². The smallest absolute Gasteiger partial charge is 0.323 e. The summed E-state index contributed by atoms with van der Waals surface area (Å²) in [5, 5.41) is 3.65. The molecular weight excluding hydrogens is 501 g/mol. The number of hydrogen-bond acceptors (Lipinski definition) is 4. The first kappa shape index (κ1) is 22.2. The minimum Gasteiger partial charge on any atom is -0.490 e. The standard InChI is InChI=1S/C23H20BrClFN3O3/c1-2-31-21-8-13(11-27-16-5-6-19-20(10-16)29-23(30)28-19)7-17(24)22(21)32-12-14-3-4-15(26)9-18(14)25/h3-10,27H,2,11-12H2,1H3,(H2,28,29,30). The summed E-state index contributed by atoms with van der Waals surface area (Å²) in [6, 6.07) is 13.7. The molecule has 3 aromatic carbocycles. The third kappa shape index (κ3) is 5.08. The van der Waals surface area contributed by atoms with Crippen molar-refractivity contribution in [3.05, 3.63) is 85.5 Å². The maximum absolute atomic E-state index is 13.3. The van der Waals surface area contributed by atoms with Gasteiger partial charge in [0.2, 0.25) is 0 Å². The summed E-state index contributed by atoms with van der Waals surface area (Å²) in [6.07, 6.45) is 0. The average Bonchev–Trinajstić information content (AvgIpc) is 3.12. The monoisotopic (exact) mass is 519 g/mol. The first-order chi connectivity index (χ1) is 15.4. The van der Waals surface area contributed by atoms with E-state index in [1.54, 1.807) is 6.07 Å². The number of aromatic amines is 2. The first-order valence-corrected chi connectivity index (χ1v) is 11.1. The molecule has 0 unspecified atom stereocenters. The van der Waals surface area contributed by atoms with Crippen LogP contribution in [0, 0.1) is 5.82 Å². The van der Waals surface area contributed by atoms with Crippen LogP contribution in [0.3, 0.4) is 0 Å². The fraction of sp³-hybridized carbons (Fsp3) is 0.174. The fourth-order valence-corrected chi connectivity index (χ4v) is 4.09. The molecule has 1 aromatic heterocycles. The Morgan fingerprint density at radius 2 is 1.88 bits per heavy atom. The molecule has 0 spiro atoms. The second-order valence-electron chi connectivity index (χ2n) is 7.06. The second kappa shape index (κ2) is 9.67. The summed E-state index contributed by atoms with van der Waals surface area (Å²) in [6.45, 7) is 3.06. The van der Waals surface area contributed by atoms with E-state index in [1.165, 1.54) is 12.1 Å². The number of anilines is 1. The van der Waals surface area contributed by atoms with Crippen LogP contribution in [-0.4, -0.2) is 16.6 Å². The lowest BCUT2D eigenvalue weighted by Gasteiger charge is -2.16. The van der Waals surface area contributed by atoms with Gasteiger partial charge in [-0.1, -0.05) is 17.7 Å². The van der Waals surface area contributed by atoms with E-state index in [4.69, 9.17) is 21.1 Å². The van der Waals surface area contributed by atoms with Gasteiger partial charge in [0.1, 0.15) is 12.4 Å². The van der Waals surface area contributed by atoms with E-state index < -0.39 is 5.82 Å². The summed E-state index contributed by atoms with van der Waals surface area (Å²) in [7, 11) is 0. The van der Waals surface area contributed by atoms with Crippen molar-refractivity contribution < 1.29 is 13.9 Å². The Hall–Kier alpha value is -2.97. The normalized spacial score (nSPS) is 11.0. The maximum atomic E-state index is 13.3. The van der Waals surface area contributed by atoms with E-state index in [9.17, 15) is 9.18 Å². The molecular formula is C23H20BrClFN3O3. The van der Waals surface area contributed by atoms with E-state index in [0.717, 1.165) is 26.8 Å². The molecule has 0 aliphatic heterocycles. The van der Waals surface area contributed by atoms with Gasteiger partial charge in [-0.15, -0.1) is 0 Å². The predicted molar refractivity (Wildman–Crippen MR) is 127 cm³/mol. The first-order valence-electron chi connectivity index (χ1n) is 9.91. The van der Waals surface area contributed by atoms with Gasteiger partial charge in [-0.2, -0.15) is 0 Å². The SMILES string of the molecule is CCOc1cc(CNc2ccc3[nH]c(=O)[nH]c3c2)cc(Br)c1OCc1ccc(F)cc1Cl. The number of H-pyrrole nitrogens is 2. The lowest BCUT2D eigenvalue weighted by Crippen LogP contribution is -2.04. The van der Waals surface area contributed by atoms with Crippen LogP contribution in [0.2, 0.25) is 5.02 Å². The third-order valence-corrected chi connectivity index (χ3v) is 5.71. The van der Waals surface area contributed by atoms with Crippen molar-refractivity contribution in [1.29, 1.82) is 0 Å². The Kier molecular flexibility index (Phi) is 6.72. The van der Waals surface area contributed by atoms with Crippen molar-refractivity contribution in [3.8, 4) is 11.5 Å². The van der Waals surface area contributed by atoms with E-state index in [1.807, 2.05) is 37.3 Å². The highest BCUT2D eigenvalue weighted by Gasteiger charge is 2.14. The molecule has 1 heterocycles. The van der Waals surface area contributed by atoms with E-state index >= 15 is 0 Å². The molecule has 0 saturated carbocycles. The van der Waals surface area contributed by atoms with Gasteiger partial charge in [0.05, 0.1) is 27.1 Å². The minimum absolute atomic E-state index is 0.171. The maximum Gasteiger partial charge on any atom is 0.323 e. The topological polar surface area (TPSA) is 79.1 Å². The van der Waals surface area contributed by atoms with Crippen LogP contribution in [0.25, 0.3) is 11.0 Å². The number of fused-ring (bicyclic) bond motifs is 1. The lowest BCUT2D eigenvalue weighted by atomic mass is 10.2. The van der Waals surface area contributed by atoms with Gasteiger partial charge in [0.15, 0.2) is 11.5 Å². The molecule has 166 valence electrons. The van der Waals surface area contributed by atoms with Gasteiger partial charge in [0.25, 0.3) is 0 Å². The highest BCUT2D eigenvalue weighted by molar-refractivity contribution is 9.10. The summed E-state index contributed by atoms with van der Waals surface area (Å²) in [5.74, 6) is 0.735. The summed E-state index contributed by atoms with van der Waals surface area (Å²) in [5.41, 5.74) is 3.76. The van der Waals surface area contributed by atoms with Crippen LogP contribution in [0.15, 0.2) is 57.8 Å². The minimum atomic E-state index is -0.395. The molecule has 3 N–H and O–H groups in total. The largest absolute Gasteiger partial charge is 0.490 e. The van der Waals surface area contributed by atoms with Crippen molar-refractivity contribution in [2.75, 3.05) is 11.9 Å². The molecule has 4 rings (SSSR count). The summed E-state index contributed by atoms with van der Waals surface area (Å²) >= 11 is 9.67. The van der Waals surface area contributed by atoms with Crippen LogP contribution in [0.4, 0.5) is 10.1 Å². The van der Waals surface area contributed by atoms with Crippen molar-refractivity contribution in [2.24, 2.45) is 0 Å². The summed E-state index contributed by atoms with van der Waals surface area (Å²) < 4.78 is 25.8. The van der Waals surface area contributed by atoms with Gasteiger partial charge in [-0.05, 0) is 70.9 Å². The zero-order valence-corrected chi connectivity index (χ0v) is 19.4. The van der Waals surface area contributed by atoms with Gasteiger partial charge >= 0.3 is 5.69 Å². The van der Waals surface area contributed by atoms with Crippen LogP contribution in [0.5, 0.6) is 11.5 Å². The number of aromatic nitrogens is 2. The van der Waals surface area contributed by atoms with Gasteiger partial charge < -0.3 is 24.8 Å². The van der Waals surface area contributed by atoms with Crippen molar-refractivity contribution in [1.82, 2.24) is 9.97 Å². The molecule has 0 saturated heterocycles. The molecule has 0 amide bonds. The Morgan fingerprint density at radius 1 is 1.06 bits per heavy atom. The van der Waals surface area contributed by atoms with Crippen LogP contribution in [0.1, 0.15) is 18.1 Å². The highest BCUT2D eigenvalue weighted by atomic mass is 79.9. The van der Waals surface area contributed by atoms with E-state index in [2.05, 4.69) is 31.2 Å². The van der Waals surface area contributed by atoms with Gasteiger partial charge in [-0.3, -0.25) is 0 Å². The van der Waals surface area contributed by atoms with Crippen LogP contribution in [-0.2, 0) is 13.2 Å². The Bertz CT molecular complexity index is 1320. The number of ether oxygens (including phenoxy) is 2. The summed E-state index contributed by atoms with van der Waals surface area (Å²) in [4.78, 5) is 16.9. The Labute approximate surface area is 196 Å². The molecule has 0 aliphatic rings. The zero-order chi connectivity index (χ0) is 22.7. The Morgan fingerprint density at radius 3 is 2.66 bits per heavy atom.